The average molecular weight is 330 g/mol. The smallest absolute Gasteiger partial charge is 0.137 e. The van der Waals surface area contributed by atoms with Crippen molar-refractivity contribution in [1.29, 1.82) is 0 Å². The van der Waals surface area contributed by atoms with E-state index >= 15 is 0 Å². The van der Waals surface area contributed by atoms with Gasteiger partial charge in [-0.25, -0.2) is 0 Å². The molecule has 108 valence electrons. The van der Waals surface area contributed by atoms with Crippen LogP contribution in [0.2, 0.25) is 10.0 Å². The van der Waals surface area contributed by atoms with Crippen LogP contribution in [0.1, 0.15) is 17.7 Å². The van der Waals surface area contributed by atoms with Gasteiger partial charge in [-0.3, -0.25) is 0 Å². The average Bonchev–Trinajstić information content (AvgIpc) is 2.93. The van der Waals surface area contributed by atoms with Gasteiger partial charge in [0.05, 0.1) is 11.6 Å². The third kappa shape index (κ3) is 5.33. The fourth-order valence-corrected chi connectivity index (χ4v) is 2.89. The molecule has 2 nitrogen and oxygen atoms in total. The second-order valence-electron chi connectivity index (χ2n) is 4.39. The fourth-order valence-electron chi connectivity index (χ4n) is 1.75. The molecular weight excluding hydrogens is 313 g/mol. The molecule has 1 aromatic heterocycles. The van der Waals surface area contributed by atoms with Gasteiger partial charge >= 0.3 is 0 Å². The highest BCUT2D eigenvalue weighted by Crippen LogP contribution is 2.27. The lowest BCUT2D eigenvalue weighted by Gasteiger charge is -2.08. The van der Waals surface area contributed by atoms with E-state index in [1.165, 1.54) is 4.88 Å². The molecule has 0 saturated heterocycles. The Labute approximate surface area is 133 Å². The van der Waals surface area contributed by atoms with Crippen molar-refractivity contribution in [2.45, 2.75) is 19.4 Å². The number of nitrogens with one attached hydrogen (secondary N) is 1. The Morgan fingerprint density at radius 1 is 1.15 bits per heavy atom. The number of thiophene rings is 1. The Bertz CT molecular complexity index is 517. The zero-order chi connectivity index (χ0) is 14.2. The van der Waals surface area contributed by atoms with Crippen LogP contribution in [0.3, 0.4) is 0 Å². The molecule has 1 aromatic carbocycles. The molecule has 0 unspecified atom stereocenters. The molecule has 1 heterocycles. The van der Waals surface area contributed by atoms with Crippen molar-refractivity contribution in [3.05, 3.63) is 50.6 Å². The molecular formula is C15H17Cl2NOS. The predicted octanol–water partition coefficient (Wildman–Crippen LogP) is 5.00. The molecule has 1 N–H and O–H groups in total. The van der Waals surface area contributed by atoms with Crippen LogP contribution in [0.5, 0.6) is 5.75 Å². The largest absolute Gasteiger partial charge is 0.492 e. The number of hydrogen-bond acceptors (Lipinski definition) is 3. The molecule has 0 radical (unpaired) electrons. The first kappa shape index (κ1) is 15.6. The summed E-state index contributed by atoms with van der Waals surface area (Å²) in [4.78, 5) is 1.37. The molecule has 0 amide bonds. The maximum absolute atomic E-state index is 6.03. The Balaban J connectivity index is 1.55. The van der Waals surface area contributed by atoms with E-state index in [1.807, 2.05) is 0 Å². The van der Waals surface area contributed by atoms with E-state index in [0.29, 0.717) is 22.4 Å². The first-order valence-electron chi connectivity index (χ1n) is 6.56. The summed E-state index contributed by atoms with van der Waals surface area (Å²) in [7, 11) is 0. The van der Waals surface area contributed by atoms with Gasteiger partial charge in [0.25, 0.3) is 0 Å². The lowest BCUT2D eigenvalue weighted by atomic mass is 10.3. The summed E-state index contributed by atoms with van der Waals surface area (Å²) in [5.74, 6) is 0.697. The van der Waals surface area contributed by atoms with Gasteiger partial charge in [0.1, 0.15) is 5.75 Å². The highest BCUT2D eigenvalue weighted by molar-refractivity contribution is 7.09. The number of rotatable bonds is 8. The molecule has 2 aromatic rings. The molecule has 0 spiro atoms. The summed E-state index contributed by atoms with van der Waals surface area (Å²) in [5.41, 5.74) is 0. The van der Waals surface area contributed by atoms with Gasteiger partial charge in [-0.2, -0.15) is 0 Å². The van der Waals surface area contributed by atoms with Crippen LogP contribution in [0.4, 0.5) is 0 Å². The topological polar surface area (TPSA) is 21.3 Å². The van der Waals surface area contributed by atoms with Gasteiger partial charge < -0.3 is 10.1 Å². The normalized spacial score (nSPS) is 10.7. The zero-order valence-corrected chi connectivity index (χ0v) is 13.4. The lowest BCUT2D eigenvalue weighted by Crippen LogP contribution is -2.14. The van der Waals surface area contributed by atoms with Crippen molar-refractivity contribution in [3.63, 3.8) is 0 Å². The van der Waals surface area contributed by atoms with Crippen molar-refractivity contribution in [1.82, 2.24) is 5.32 Å². The minimum Gasteiger partial charge on any atom is -0.492 e. The quantitative estimate of drug-likeness (QED) is 0.688. The van der Waals surface area contributed by atoms with Gasteiger partial charge in [-0.05, 0) is 49.0 Å². The van der Waals surface area contributed by atoms with Gasteiger partial charge in [0.2, 0.25) is 0 Å². The summed E-state index contributed by atoms with van der Waals surface area (Å²) in [5, 5.41) is 6.70. The molecule has 0 fully saturated rings. The highest BCUT2D eigenvalue weighted by atomic mass is 35.5. The second-order valence-corrected chi connectivity index (χ2v) is 6.26. The third-order valence-electron chi connectivity index (χ3n) is 2.78. The van der Waals surface area contributed by atoms with Crippen molar-refractivity contribution in [2.75, 3.05) is 13.2 Å². The monoisotopic (exact) mass is 329 g/mol. The van der Waals surface area contributed by atoms with Crippen LogP contribution >= 0.6 is 34.5 Å². The second kappa shape index (κ2) is 8.53. The number of ether oxygens (including phenoxy) is 1. The fraction of sp³-hybridized carbons (Fsp3) is 0.333. The van der Waals surface area contributed by atoms with Crippen molar-refractivity contribution in [2.24, 2.45) is 0 Å². The number of halogens is 2. The van der Waals surface area contributed by atoms with Gasteiger partial charge in [-0.1, -0.05) is 29.3 Å². The first-order chi connectivity index (χ1) is 9.75. The Morgan fingerprint density at radius 2 is 2.05 bits per heavy atom. The van der Waals surface area contributed by atoms with Crippen LogP contribution in [0, 0.1) is 0 Å². The Kier molecular flexibility index (Phi) is 6.67. The predicted molar refractivity (Wildman–Crippen MR) is 87.2 cm³/mol. The van der Waals surface area contributed by atoms with Gasteiger partial charge in [0.15, 0.2) is 0 Å². The molecule has 5 heteroatoms. The first-order valence-corrected chi connectivity index (χ1v) is 8.20. The van der Waals surface area contributed by atoms with Crippen LogP contribution in [0.15, 0.2) is 35.7 Å². The van der Waals surface area contributed by atoms with E-state index < -0.39 is 0 Å². The van der Waals surface area contributed by atoms with E-state index in [1.54, 1.807) is 29.5 Å². The summed E-state index contributed by atoms with van der Waals surface area (Å²) in [6.07, 6.45) is 2.08. The molecule has 0 bridgehead atoms. The van der Waals surface area contributed by atoms with E-state index in [4.69, 9.17) is 27.9 Å². The number of benzene rings is 1. The van der Waals surface area contributed by atoms with Crippen LogP contribution in [-0.4, -0.2) is 13.2 Å². The summed E-state index contributed by atoms with van der Waals surface area (Å²) < 4.78 is 5.63. The van der Waals surface area contributed by atoms with Gasteiger partial charge in [-0.15, -0.1) is 11.3 Å². The maximum atomic E-state index is 6.03. The molecule has 0 aliphatic carbocycles. The zero-order valence-electron chi connectivity index (χ0n) is 11.1. The number of hydrogen-bond donors (Lipinski definition) is 1. The maximum Gasteiger partial charge on any atom is 0.137 e. The third-order valence-corrected chi connectivity index (χ3v) is 4.19. The van der Waals surface area contributed by atoms with E-state index in [2.05, 4.69) is 22.8 Å². The van der Waals surface area contributed by atoms with Crippen molar-refractivity contribution in [3.8, 4) is 5.75 Å². The van der Waals surface area contributed by atoms with Gasteiger partial charge in [0, 0.05) is 16.4 Å². The molecule has 2 rings (SSSR count). The molecule has 0 atom stereocenters. The minimum absolute atomic E-state index is 0.563. The minimum atomic E-state index is 0.563. The Morgan fingerprint density at radius 3 is 2.80 bits per heavy atom. The van der Waals surface area contributed by atoms with E-state index in [9.17, 15) is 0 Å². The van der Waals surface area contributed by atoms with Crippen LogP contribution in [-0.2, 0) is 6.54 Å². The van der Waals surface area contributed by atoms with E-state index in [-0.39, 0.29) is 0 Å². The summed E-state index contributed by atoms with van der Waals surface area (Å²) in [6.45, 7) is 2.61. The Hall–Kier alpha value is -0.740. The number of unbranched alkanes of at least 4 members (excludes halogenated alkanes) is 1. The standard InChI is InChI=1S/C15H17Cl2NOS/c16-12-5-6-15(14(17)10-12)19-8-2-1-7-18-11-13-4-3-9-20-13/h3-6,9-10,18H,1-2,7-8,11H2. The van der Waals surface area contributed by atoms with E-state index in [0.717, 1.165) is 25.9 Å². The van der Waals surface area contributed by atoms with Crippen LogP contribution < -0.4 is 10.1 Å². The molecule has 20 heavy (non-hydrogen) atoms. The van der Waals surface area contributed by atoms with Crippen molar-refractivity contribution < 1.29 is 4.74 Å². The van der Waals surface area contributed by atoms with Crippen LogP contribution in [0.25, 0.3) is 0 Å². The summed E-state index contributed by atoms with van der Waals surface area (Å²) in [6, 6.07) is 9.50. The SMILES string of the molecule is Clc1ccc(OCCCCNCc2cccs2)c(Cl)c1. The summed E-state index contributed by atoms with van der Waals surface area (Å²) >= 11 is 13.6. The molecule has 0 aliphatic heterocycles. The van der Waals surface area contributed by atoms with Crippen molar-refractivity contribution >= 4 is 34.5 Å². The lowest BCUT2D eigenvalue weighted by molar-refractivity contribution is 0.306. The molecule has 0 aliphatic rings. The highest BCUT2D eigenvalue weighted by Gasteiger charge is 2.01. The molecule has 0 saturated carbocycles.